The van der Waals surface area contributed by atoms with Gasteiger partial charge in [0.15, 0.2) is 0 Å². The molecule has 0 saturated carbocycles. The molecule has 3 atom stereocenters. The highest BCUT2D eigenvalue weighted by atomic mass is 16.6. The van der Waals surface area contributed by atoms with E-state index in [1.165, 1.54) is 0 Å². The van der Waals surface area contributed by atoms with E-state index in [1.807, 2.05) is 81.4 Å². The van der Waals surface area contributed by atoms with E-state index < -0.39 is 23.8 Å². The number of hydrogen-bond acceptors (Lipinski definition) is 5. The number of aliphatic hydroxyl groups excluding tert-OH is 2. The predicted octanol–water partition coefficient (Wildman–Crippen LogP) is 2.68. The van der Waals surface area contributed by atoms with Crippen molar-refractivity contribution in [2.24, 2.45) is 0 Å². The molecule has 2 aromatic carbocycles. The Kier molecular flexibility index (Phi) is 9.30. The first-order valence-corrected chi connectivity index (χ1v) is 10.4. The van der Waals surface area contributed by atoms with E-state index >= 15 is 0 Å². The first-order chi connectivity index (χ1) is 14.3. The lowest BCUT2D eigenvalue weighted by molar-refractivity contribution is -0.000359. The fourth-order valence-corrected chi connectivity index (χ4v) is 3.09. The molecular formula is C24H34N2O4. The number of nitrogens with one attached hydrogen (secondary N) is 2. The molecule has 0 radical (unpaired) electrons. The van der Waals surface area contributed by atoms with Crippen LogP contribution in [0.4, 0.5) is 4.79 Å². The van der Waals surface area contributed by atoms with Gasteiger partial charge in [0.05, 0.1) is 6.61 Å². The van der Waals surface area contributed by atoms with Crippen LogP contribution in [0.5, 0.6) is 0 Å². The Balaban J connectivity index is 1.99. The van der Waals surface area contributed by atoms with Crippen LogP contribution in [0, 0.1) is 0 Å². The third-order valence-corrected chi connectivity index (χ3v) is 4.61. The lowest BCUT2D eigenvalue weighted by atomic mass is 10.0. The fourth-order valence-electron chi connectivity index (χ4n) is 3.09. The van der Waals surface area contributed by atoms with Gasteiger partial charge in [-0.3, -0.25) is 0 Å². The van der Waals surface area contributed by atoms with Gasteiger partial charge in [-0.25, -0.2) is 4.79 Å². The van der Waals surface area contributed by atoms with Crippen molar-refractivity contribution in [3.05, 3.63) is 71.8 Å². The second-order valence-electron chi connectivity index (χ2n) is 8.55. The number of amides is 1. The summed E-state index contributed by atoms with van der Waals surface area (Å²) in [6.45, 7) is 5.74. The molecular weight excluding hydrogens is 380 g/mol. The number of aliphatic hydroxyl groups is 2. The predicted molar refractivity (Wildman–Crippen MR) is 118 cm³/mol. The smallest absolute Gasteiger partial charge is 0.407 e. The van der Waals surface area contributed by atoms with Gasteiger partial charge in [0.2, 0.25) is 0 Å². The van der Waals surface area contributed by atoms with E-state index in [9.17, 15) is 15.0 Å². The molecule has 0 bridgehead atoms. The minimum Gasteiger partial charge on any atom is -0.443 e. The molecule has 6 nitrogen and oxygen atoms in total. The number of hydrogen-bond donors (Lipinski definition) is 4. The second kappa shape index (κ2) is 11.7. The average molecular weight is 415 g/mol. The average Bonchev–Trinajstić information content (AvgIpc) is 2.70. The topological polar surface area (TPSA) is 90.8 Å². The van der Waals surface area contributed by atoms with Crippen molar-refractivity contribution in [1.29, 1.82) is 0 Å². The summed E-state index contributed by atoms with van der Waals surface area (Å²) in [6.07, 6.45) is -1.19. The molecule has 30 heavy (non-hydrogen) atoms. The Hall–Kier alpha value is -2.41. The van der Waals surface area contributed by atoms with Crippen LogP contribution in [0.25, 0.3) is 0 Å². The van der Waals surface area contributed by atoms with Crippen molar-refractivity contribution in [1.82, 2.24) is 10.6 Å². The standard InChI is InChI=1S/C24H34N2O4/c1-24(2,3)26-23(29)30-22(15-19-12-8-5-9-13-19)21(28)16-25-20(17-27)14-18-10-6-4-7-11-18/h4-13,20-22,25,27-28H,14-17H2,1-3H3,(H,26,29)/t20-,21?,22?/m1/s1. The molecule has 0 heterocycles. The van der Waals surface area contributed by atoms with Crippen LogP contribution in [0.3, 0.4) is 0 Å². The summed E-state index contributed by atoms with van der Waals surface area (Å²) in [5.41, 5.74) is 1.63. The molecule has 164 valence electrons. The number of alkyl carbamates (subject to hydrolysis) is 1. The highest BCUT2D eigenvalue weighted by molar-refractivity contribution is 5.68. The van der Waals surface area contributed by atoms with E-state index in [4.69, 9.17) is 4.74 Å². The van der Waals surface area contributed by atoms with Gasteiger partial charge in [-0.05, 0) is 38.3 Å². The number of benzene rings is 2. The number of carbonyl (C=O) groups excluding carboxylic acids is 1. The van der Waals surface area contributed by atoms with Gasteiger partial charge >= 0.3 is 6.09 Å². The van der Waals surface area contributed by atoms with Crippen molar-refractivity contribution in [2.75, 3.05) is 13.2 Å². The van der Waals surface area contributed by atoms with E-state index in [0.717, 1.165) is 11.1 Å². The zero-order valence-corrected chi connectivity index (χ0v) is 18.0. The SMILES string of the molecule is CC(C)(C)NC(=O)OC(Cc1ccccc1)C(O)CN[C@@H](CO)Cc1ccccc1. The molecule has 2 aromatic rings. The Labute approximate surface area is 179 Å². The zero-order chi connectivity index (χ0) is 22.0. The van der Waals surface area contributed by atoms with Crippen LogP contribution >= 0.6 is 0 Å². The summed E-state index contributed by atoms with van der Waals surface area (Å²) in [6, 6.07) is 19.3. The van der Waals surface area contributed by atoms with E-state index in [1.54, 1.807) is 0 Å². The van der Waals surface area contributed by atoms with Gasteiger partial charge in [0.25, 0.3) is 0 Å². The Morgan fingerprint density at radius 2 is 1.50 bits per heavy atom. The minimum atomic E-state index is -0.930. The number of ether oxygens (including phenoxy) is 1. The first-order valence-electron chi connectivity index (χ1n) is 10.4. The molecule has 2 unspecified atom stereocenters. The van der Waals surface area contributed by atoms with Crippen LogP contribution < -0.4 is 10.6 Å². The van der Waals surface area contributed by atoms with Gasteiger partial charge in [-0.1, -0.05) is 60.7 Å². The summed E-state index contributed by atoms with van der Waals surface area (Å²) in [7, 11) is 0. The zero-order valence-electron chi connectivity index (χ0n) is 18.0. The highest BCUT2D eigenvalue weighted by Crippen LogP contribution is 2.12. The van der Waals surface area contributed by atoms with Crippen molar-refractivity contribution >= 4 is 6.09 Å². The normalized spacial score (nSPS) is 14.6. The molecule has 6 heteroatoms. The van der Waals surface area contributed by atoms with Gasteiger partial charge < -0.3 is 25.6 Å². The van der Waals surface area contributed by atoms with E-state index in [0.29, 0.717) is 12.8 Å². The fraction of sp³-hybridized carbons (Fsp3) is 0.458. The van der Waals surface area contributed by atoms with Crippen LogP contribution in [0.15, 0.2) is 60.7 Å². The van der Waals surface area contributed by atoms with Crippen LogP contribution in [-0.2, 0) is 17.6 Å². The highest BCUT2D eigenvalue weighted by Gasteiger charge is 2.26. The summed E-state index contributed by atoms with van der Waals surface area (Å²) < 4.78 is 5.57. The summed E-state index contributed by atoms with van der Waals surface area (Å²) in [5.74, 6) is 0. The molecule has 2 rings (SSSR count). The lowest BCUT2D eigenvalue weighted by Crippen LogP contribution is -2.48. The van der Waals surface area contributed by atoms with Gasteiger partial charge in [-0.2, -0.15) is 0 Å². The van der Waals surface area contributed by atoms with Crippen molar-refractivity contribution < 1.29 is 19.7 Å². The van der Waals surface area contributed by atoms with E-state index in [2.05, 4.69) is 10.6 Å². The molecule has 0 fully saturated rings. The molecule has 0 aliphatic rings. The maximum atomic E-state index is 12.3. The van der Waals surface area contributed by atoms with Gasteiger partial charge in [0, 0.05) is 24.5 Å². The molecule has 0 saturated heterocycles. The Bertz CT molecular complexity index is 747. The Morgan fingerprint density at radius 1 is 0.967 bits per heavy atom. The largest absolute Gasteiger partial charge is 0.443 e. The maximum absolute atomic E-state index is 12.3. The monoisotopic (exact) mass is 414 g/mol. The van der Waals surface area contributed by atoms with Crippen molar-refractivity contribution in [3.63, 3.8) is 0 Å². The first kappa shape index (κ1) is 23.9. The summed E-state index contributed by atoms with van der Waals surface area (Å²) >= 11 is 0. The molecule has 0 spiro atoms. The maximum Gasteiger partial charge on any atom is 0.407 e. The van der Waals surface area contributed by atoms with Gasteiger partial charge in [-0.15, -0.1) is 0 Å². The van der Waals surface area contributed by atoms with Gasteiger partial charge in [0.1, 0.15) is 12.2 Å². The molecule has 0 aromatic heterocycles. The molecule has 0 aliphatic heterocycles. The molecule has 1 amide bonds. The Morgan fingerprint density at radius 3 is 2.00 bits per heavy atom. The third-order valence-electron chi connectivity index (χ3n) is 4.61. The van der Waals surface area contributed by atoms with E-state index in [-0.39, 0.29) is 19.2 Å². The molecule has 0 aliphatic carbocycles. The summed E-state index contributed by atoms with van der Waals surface area (Å²) in [5, 5.41) is 26.4. The third kappa shape index (κ3) is 8.95. The molecule has 4 N–H and O–H groups in total. The quantitative estimate of drug-likeness (QED) is 0.480. The van der Waals surface area contributed by atoms with Crippen LogP contribution in [0.1, 0.15) is 31.9 Å². The lowest BCUT2D eigenvalue weighted by Gasteiger charge is -2.28. The van der Waals surface area contributed by atoms with Crippen molar-refractivity contribution in [3.8, 4) is 0 Å². The number of rotatable bonds is 10. The summed E-state index contributed by atoms with van der Waals surface area (Å²) in [4.78, 5) is 12.3. The van der Waals surface area contributed by atoms with Crippen LogP contribution in [-0.4, -0.2) is 53.2 Å². The van der Waals surface area contributed by atoms with Crippen molar-refractivity contribution in [2.45, 2.75) is 57.4 Å². The number of carbonyl (C=O) groups is 1. The van der Waals surface area contributed by atoms with Crippen LogP contribution in [0.2, 0.25) is 0 Å². The second-order valence-corrected chi connectivity index (χ2v) is 8.55. The minimum absolute atomic E-state index is 0.0592.